The molecule has 2 rings (SSSR count). The van der Waals surface area contributed by atoms with Crippen LogP contribution in [0, 0.1) is 0 Å². The van der Waals surface area contributed by atoms with Crippen LogP contribution in [0.15, 0.2) is 24.3 Å². The second-order valence-corrected chi connectivity index (χ2v) is 5.66. The van der Waals surface area contributed by atoms with E-state index in [1.165, 1.54) is 0 Å². The summed E-state index contributed by atoms with van der Waals surface area (Å²) in [4.78, 5) is 24.5. The largest absolute Gasteiger partial charge is 0.446 e. The first-order chi connectivity index (χ1) is 9.97. The molecule has 114 valence electrons. The molecular weight excluding hydrogens is 292 g/mol. The SMILES string of the molecule is CC(c1ccc(Cl)cc1)N1CCC(CCC(N)=O)OC1=O. The molecule has 2 atom stereocenters. The molecule has 2 amide bonds. The lowest BCUT2D eigenvalue weighted by molar-refractivity contribution is -0.118. The minimum absolute atomic E-state index is 0.0770. The molecule has 1 aromatic carbocycles. The van der Waals surface area contributed by atoms with Gasteiger partial charge in [-0.05, 0) is 31.0 Å². The summed E-state index contributed by atoms with van der Waals surface area (Å²) in [5, 5.41) is 0.665. The number of primary amides is 1. The molecule has 6 heteroatoms. The number of nitrogens with zero attached hydrogens (tertiary/aromatic N) is 1. The van der Waals surface area contributed by atoms with Gasteiger partial charge in [-0.3, -0.25) is 4.79 Å². The number of ether oxygens (including phenoxy) is 1. The van der Waals surface area contributed by atoms with Crippen LogP contribution < -0.4 is 5.73 Å². The maximum absolute atomic E-state index is 12.1. The van der Waals surface area contributed by atoms with Crippen LogP contribution in [0.2, 0.25) is 5.02 Å². The van der Waals surface area contributed by atoms with Crippen molar-refractivity contribution in [2.24, 2.45) is 5.73 Å². The fraction of sp³-hybridized carbons (Fsp3) is 0.467. The van der Waals surface area contributed by atoms with E-state index in [-0.39, 0.29) is 30.6 Å². The van der Waals surface area contributed by atoms with Gasteiger partial charge in [0.2, 0.25) is 5.91 Å². The summed E-state index contributed by atoms with van der Waals surface area (Å²) >= 11 is 5.87. The van der Waals surface area contributed by atoms with Gasteiger partial charge in [-0.15, -0.1) is 0 Å². The summed E-state index contributed by atoms with van der Waals surface area (Å²) in [6, 6.07) is 7.34. The van der Waals surface area contributed by atoms with E-state index in [0.29, 0.717) is 24.4 Å². The van der Waals surface area contributed by atoms with Gasteiger partial charge in [0.1, 0.15) is 6.10 Å². The number of halogens is 1. The monoisotopic (exact) mass is 310 g/mol. The molecule has 21 heavy (non-hydrogen) atoms. The lowest BCUT2D eigenvalue weighted by Crippen LogP contribution is -2.43. The molecule has 1 saturated heterocycles. The van der Waals surface area contributed by atoms with Crippen LogP contribution in [0.3, 0.4) is 0 Å². The van der Waals surface area contributed by atoms with Crippen LogP contribution in [0.25, 0.3) is 0 Å². The van der Waals surface area contributed by atoms with Gasteiger partial charge in [0.25, 0.3) is 0 Å². The Morgan fingerprint density at radius 2 is 2.14 bits per heavy atom. The van der Waals surface area contributed by atoms with Gasteiger partial charge in [0, 0.05) is 24.4 Å². The quantitative estimate of drug-likeness (QED) is 0.909. The summed E-state index contributed by atoms with van der Waals surface area (Å²) in [6.45, 7) is 2.56. The lowest BCUT2D eigenvalue weighted by atomic mass is 10.0. The zero-order valence-electron chi connectivity index (χ0n) is 11.9. The van der Waals surface area contributed by atoms with Crippen LogP contribution >= 0.6 is 11.6 Å². The number of nitrogens with two attached hydrogens (primary N) is 1. The standard InChI is InChI=1S/C15H19ClN2O3/c1-10(11-2-4-12(16)5-3-11)18-9-8-13(21-15(18)20)6-7-14(17)19/h2-5,10,13H,6-9H2,1H3,(H2,17,19). The van der Waals surface area contributed by atoms with Crippen molar-refractivity contribution in [1.82, 2.24) is 4.90 Å². The molecule has 1 aromatic rings. The molecule has 0 aliphatic carbocycles. The van der Waals surface area contributed by atoms with Crippen LogP contribution in [0.4, 0.5) is 4.79 Å². The van der Waals surface area contributed by atoms with E-state index >= 15 is 0 Å². The third-order valence-corrected chi connectivity index (χ3v) is 3.98. The average Bonchev–Trinajstić information content (AvgIpc) is 2.45. The molecule has 2 unspecified atom stereocenters. The maximum Gasteiger partial charge on any atom is 0.410 e. The topological polar surface area (TPSA) is 72.6 Å². The predicted octanol–water partition coefficient (Wildman–Crippen LogP) is 2.88. The molecule has 0 radical (unpaired) electrons. The Morgan fingerprint density at radius 3 is 2.71 bits per heavy atom. The molecule has 1 heterocycles. The molecular formula is C15H19ClN2O3. The molecule has 1 aliphatic heterocycles. The minimum atomic E-state index is -0.372. The van der Waals surface area contributed by atoms with Crippen molar-refractivity contribution in [3.8, 4) is 0 Å². The fourth-order valence-electron chi connectivity index (χ4n) is 2.42. The summed E-state index contributed by atoms with van der Waals surface area (Å²) in [5.74, 6) is -0.372. The summed E-state index contributed by atoms with van der Waals surface area (Å²) in [5.41, 5.74) is 6.11. The number of amides is 2. The summed E-state index contributed by atoms with van der Waals surface area (Å²) < 4.78 is 5.37. The Hall–Kier alpha value is -1.75. The Labute approximate surface area is 129 Å². The number of hydrogen-bond donors (Lipinski definition) is 1. The predicted molar refractivity (Wildman–Crippen MR) is 79.9 cm³/mol. The number of carbonyl (C=O) groups is 2. The highest BCUT2D eigenvalue weighted by Gasteiger charge is 2.30. The van der Waals surface area contributed by atoms with Gasteiger partial charge >= 0.3 is 6.09 Å². The third kappa shape index (κ3) is 4.11. The average molecular weight is 311 g/mol. The number of hydrogen-bond acceptors (Lipinski definition) is 3. The second kappa shape index (κ2) is 6.80. The first kappa shape index (κ1) is 15.6. The van der Waals surface area contributed by atoms with Crippen LogP contribution in [0.1, 0.15) is 37.8 Å². The van der Waals surface area contributed by atoms with E-state index < -0.39 is 0 Å². The van der Waals surface area contributed by atoms with Gasteiger partial charge in [0.15, 0.2) is 0 Å². The van der Waals surface area contributed by atoms with Crippen LogP contribution in [-0.2, 0) is 9.53 Å². The summed E-state index contributed by atoms with van der Waals surface area (Å²) in [7, 11) is 0. The van der Waals surface area contributed by atoms with E-state index in [2.05, 4.69) is 0 Å². The fourth-order valence-corrected chi connectivity index (χ4v) is 2.55. The Balaban J connectivity index is 1.95. The normalized spacial score (nSPS) is 20.0. The van der Waals surface area contributed by atoms with Crippen molar-refractivity contribution in [2.45, 2.75) is 38.3 Å². The molecule has 0 bridgehead atoms. The number of cyclic esters (lactones) is 1. The van der Waals surface area contributed by atoms with Crippen LogP contribution in [-0.4, -0.2) is 29.5 Å². The van der Waals surface area contributed by atoms with Gasteiger partial charge in [-0.25, -0.2) is 4.79 Å². The van der Waals surface area contributed by atoms with Crippen molar-refractivity contribution in [3.05, 3.63) is 34.9 Å². The first-order valence-corrected chi connectivity index (χ1v) is 7.36. The second-order valence-electron chi connectivity index (χ2n) is 5.22. The molecule has 0 aromatic heterocycles. The van der Waals surface area contributed by atoms with E-state index in [0.717, 1.165) is 5.56 Å². The van der Waals surface area contributed by atoms with Crippen molar-refractivity contribution >= 4 is 23.6 Å². The van der Waals surface area contributed by atoms with E-state index in [1.54, 1.807) is 17.0 Å². The molecule has 2 N–H and O–H groups in total. The number of carbonyl (C=O) groups excluding carboxylic acids is 2. The van der Waals surface area contributed by atoms with Crippen molar-refractivity contribution < 1.29 is 14.3 Å². The van der Waals surface area contributed by atoms with Crippen molar-refractivity contribution in [2.75, 3.05) is 6.54 Å². The molecule has 5 nitrogen and oxygen atoms in total. The highest BCUT2D eigenvalue weighted by atomic mass is 35.5. The molecule has 1 fully saturated rings. The van der Waals surface area contributed by atoms with Gasteiger partial charge in [-0.1, -0.05) is 23.7 Å². The highest BCUT2D eigenvalue weighted by Crippen LogP contribution is 2.27. The van der Waals surface area contributed by atoms with Gasteiger partial charge in [0.05, 0.1) is 6.04 Å². The molecule has 0 spiro atoms. The van der Waals surface area contributed by atoms with Gasteiger partial charge in [-0.2, -0.15) is 0 Å². The molecule has 0 saturated carbocycles. The van der Waals surface area contributed by atoms with E-state index in [1.807, 2.05) is 19.1 Å². The smallest absolute Gasteiger partial charge is 0.410 e. The van der Waals surface area contributed by atoms with E-state index in [4.69, 9.17) is 22.1 Å². The zero-order valence-corrected chi connectivity index (χ0v) is 12.7. The maximum atomic E-state index is 12.1. The lowest BCUT2D eigenvalue weighted by Gasteiger charge is -2.35. The number of rotatable bonds is 5. The molecule has 1 aliphatic rings. The Bertz CT molecular complexity index is 518. The Kier molecular flexibility index (Phi) is 5.07. The minimum Gasteiger partial charge on any atom is -0.446 e. The summed E-state index contributed by atoms with van der Waals surface area (Å²) in [6.07, 6.45) is 0.864. The van der Waals surface area contributed by atoms with Crippen molar-refractivity contribution in [3.63, 3.8) is 0 Å². The zero-order chi connectivity index (χ0) is 15.4. The number of benzene rings is 1. The highest BCUT2D eigenvalue weighted by molar-refractivity contribution is 6.30. The third-order valence-electron chi connectivity index (χ3n) is 3.73. The van der Waals surface area contributed by atoms with Crippen molar-refractivity contribution in [1.29, 1.82) is 0 Å². The van der Waals surface area contributed by atoms with Crippen LogP contribution in [0.5, 0.6) is 0 Å². The van der Waals surface area contributed by atoms with Gasteiger partial charge < -0.3 is 15.4 Å². The first-order valence-electron chi connectivity index (χ1n) is 6.98. The Morgan fingerprint density at radius 1 is 1.48 bits per heavy atom. The van der Waals surface area contributed by atoms with E-state index in [9.17, 15) is 9.59 Å².